The summed E-state index contributed by atoms with van der Waals surface area (Å²) < 4.78 is 19.3. The maximum Gasteiger partial charge on any atom is 0.225 e. The molecule has 0 radical (unpaired) electrons. The zero-order valence-electron chi connectivity index (χ0n) is 21.1. The van der Waals surface area contributed by atoms with Crippen molar-refractivity contribution in [1.82, 2.24) is 4.90 Å². The van der Waals surface area contributed by atoms with Crippen molar-refractivity contribution in [2.24, 2.45) is 17.6 Å². The summed E-state index contributed by atoms with van der Waals surface area (Å²) >= 11 is 0. The average Bonchev–Trinajstić information content (AvgIpc) is 3.24. The van der Waals surface area contributed by atoms with Gasteiger partial charge in [0.2, 0.25) is 5.91 Å². The van der Waals surface area contributed by atoms with Gasteiger partial charge < -0.3 is 25.6 Å². The van der Waals surface area contributed by atoms with Crippen molar-refractivity contribution in [3.05, 3.63) is 59.9 Å². The number of likely N-dealkylation sites (tertiary alicyclic amines) is 1. The molecule has 2 aromatic carbocycles. The molecule has 7 heteroatoms. The number of carbonyl (C=O) groups excluding carboxylic acids is 1. The fourth-order valence-corrected chi connectivity index (χ4v) is 6.04. The van der Waals surface area contributed by atoms with Crippen LogP contribution < -0.4 is 5.73 Å². The first-order chi connectivity index (χ1) is 17.3. The van der Waals surface area contributed by atoms with Crippen molar-refractivity contribution in [2.75, 3.05) is 26.8 Å². The van der Waals surface area contributed by atoms with Gasteiger partial charge in [-0.25, -0.2) is 4.39 Å². The standard InChI is InChI=1S/C29H39FN2O4/c1-36-15-5-4-13-29(35,25-12-3-2-11-24(25)20-8-6-10-23(30)16-20)22-9-7-14-32(19-22)28(34)21-17-26(31)27(33)18-21/h2-3,6,8,10-12,16,21-22,26-27,33,35H,4-5,7,9,13-15,17-19,31H2,1H3/t21-,22?,26+,27-,29-/m0/s1. The second-order valence-corrected chi connectivity index (χ2v) is 10.5. The lowest BCUT2D eigenvalue weighted by molar-refractivity contribution is -0.141. The number of aliphatic hydroxyl groups excluding tert-OH is 1. The number of aliphatic hydroxyl groups is 2. The van der Waals surface area contributed by atoms with E-state index in [-0.39, 0.29) is 29.6 Å². The van der Waals surface area contributed by atoms with Crippen LogP contribution in [0, 0.1) is 17.7 Å². The fraction of sp³-hybridized carbons (Fsp3) is 0.552. The smallest absolute Gasteiger partial charge is 0.225 e. The Balaban J connectivity index is 1.64. The molecule has 1 saturated heterocycles. The van der Waals surface area contributed by atoms with E-state index in [1.54, 1.807) is 13.2 Å². The lowest BCUT2D eigenvalue weighted by atomic mass is 9.72. The lowest BCUT2D eigenvalue weighted by Crippen LogP contribution is -2.49. The van der Waals surface area contributed by atoms with E-state index in [0.29, 0.717) is 39.0 Å². The van der Waals surface area contributed by atoms with Gasteiger partial charge >= 0.3 is 0 Å². The highest BCUT2D eigenvalue weighted by molar-refractivity contribution is 5.79. The van der Waals surface area contributed by atoms with Crippen LogP contribution >= 0.6 is 0 Å². The summed E-state index contributed by atoms with van der Waals surface area (Å²) in [6.07, 6.45) is 3.91. The Kier molecular flexibility index (Phi) is 8.78. The van der Waals surface area contributed by atoms with E-state index in [9.17, 15) is 19.4 Å². The van der Waals surface area contributed by atoms with Crippen LogP contribution in [0.4, 0.5) is 4.39 Å². The van der Waals surface area contributed by atoms with Crippen molar-refractivity contribution in [3.63, 3.8) is 0 Å². The minimum Gasteiger partial charge on any atom is -0.391 e. The van der Waals surface area contributed by atoms with Gasteiger partial charge in [0.25, 0.3) is 0 Å². The summed E-state index contributed by atoms with van der Waals surface area (Å²) in [4.78, 5) is 15.2. The third kappa shape index (κ3) is 5.80. The summed E-state index contributed by atoms with van der Waals surface area (Å²) in [7, 11) is 1.67. The first-order valence-corrected chi connectivity index (χ1v) is 13.1. The minimum atomic E-state index is -1.19. The molecule has 2 aliphatic rings. The van der Waals surface area contributed by atoms with Gasteiger partial charge in [-0.1, -0.05) is 36.4 Å². The highest BCUT2D eigenvalue weighted by Gasteiger charge is 2.44. The van der Waals surface area contributed by atoms with E-state index in [0.717, 1.165) is 42.4 Å². The number of benzene rings is 2. The molecule has 4 rings (SSSR count). The van der Waals surface area contributed by atoms with Crippen molar-refractivity contribution < 1.29 is 24.1 Å². The Morgan fingerprint density at radius 1 is 1.19 bits per heavy atom. The number of rotatable bonds is 9. The molecule has 0 spiro atoms. The van der Waals surface area contributed by atoms with E-state index < -0.39 is 11.7 Å². The quantitative estimate of drug-likeness (QED) is 0.457. The van der Waals surface area contributed by atoms with Crippen molar-refractivity contribution in [1.29, 1.82) is 0 Å². The minimum absolute atomic E-state index is 0.0202. The number of carbonyl (C=O) groups is 1. The third-order valence-electron chi connectivity index (χ3n) is 8.02. The molecule has 4 N–H and O–H groups in total. The van der Waals surface area contributed by atoms with Crippen LogP contribution in [0.1, 0.15) is 50.5 Å². The number of ether oxygens (including phenoxy) is 1. The Hall–Kier alpha value is -2.32. The summed E-state index contributed by atoms with van der Waals surface area (Å²) in [5.41, 5.74) is 7.07. The molecule has 1 unspecified atom stereocenters. The van der Waals surface area contributed by atoms with E-state index in [1.165, 1.54) is 12.1 Å². The van der Waals surface area contributed by atoms with Crippen LogP contribution in [0.2, 0.25) is 0 Å². The number of nitrogens with zero attached hydrogens (tertiary/aromatic N) is 1. The van der Waals surface area contributed by atoms with Gasteiger partial charge in [0.15, 0.2) is 0 Å². The Morgan fingerprint density at radius 3 is 2.72 bits per heavy atom. The fourth-order valence-electron chi connectivity index (χ4n) is 6.04. The molecule has 1 saturated carbocycles. The number of unbranched alkanes of at least 4 members (excludes halogenated alkanes) is 1. The largest absolute Gasteiger partial charge is 0.391 e. The predicted molar refractivity (Wildman–Crippen MR) is 137 cm³/mol. The number of piperidine rings is 1. The zero-order chi connectivity index (χ0) is 25.7. The number of methoxy groups -OCH3 is 1. The van der Waals surface area contributed by atoms with Crippen molar-refractivity contribution in [3.8, 4) is 11.1 Å². The molecule has 6 nitrogen and oxygen atoms in total. The molecule has 1 aliphatic heterocycles. The van der Waals surface area contributed by atoms with E-state index >= 15 is 0 Å². The molecule has 1 heterocycles. The molecule has 2 fully saturated rings. The number of amides is 1. The molecule has 36 heavy (non-hydrogen) atoms. The topological polar surface area (TPSA) is 96.0 Å². The highest BCUT2D eigenvalue weighted by Crippen LogP contribution is 2.44. The predicted octanol–water partition coefficient (Wildman–Crippen LogP) is 3.83. The molecule has 2 aromatic rings. The average molecular weight is 499 g/mol. The van der Waals surface area contributed by atoms with Gasteiger partial charge in [0.05, 0.1) is 11.7 Å². The van der Waals surface area contributed by atoms with Gasteiger partial charge in [-0.3, -0.25) is 4.79 Å². The van der Waals surface area contributed by atoms with Crippen LogP contribution in [-0.4, -0.2) is 60.0 Å². The van der Waals surface area contributed by atoms with E-state index in [4.69, 9.17) is 10.5 Å². The molecule has 196 valence electrons. The van der Waals surface area contributed by atoms with Crippen LogP contribution in [-0.2, 0) is 15.1 Å². The van der Waals surface area contributed by atoms with Gasteiger partial charge in [-0.15, -0.1) is 0 Å². The van der Waals surface area contributed by atoms with Crippen LogP contribution in [0.25, 0.3) is 11.1 Å². The van der Waals surface area contributed by atoms with Crippen LogP contribution in [0.3, 0.4) is 0 Å². The lowest BCUT2D eigenvalue weighted by Gasteiger charge is -2.44. The van der Waals surface area contributed by atoms with Crippen LogP contribution in [0.5, 0.6) is 0 Å². The van der Waals surface area contributed by atoms with Gasteiger partial charge in [0.1, 0.15) is 5.82 Å². The number of hydrogen-bond acceptors (Lipinski definition) is 5. The van der Waals surface area contributed by atoms with E-state index in [1.807, 2.05) is 35.2 Å². The maximum absolute atomic E-state index is 14.1. The SMILES string of the molecule is COCCCC[C@@](O)(c1ccccc1-c1cccc(F)c1)C1CCCN(C(=O)[C@H]2C[C@@H](N)[C@@H](O)C2)C1. The van der Waals surface area contributed by atoms with Crippen molar-refractivity contribution in [2.45, 2.75) is 62.7 Å². The maximum atomic E-state index is 14.1. The summed E-state index contributed by atoms with van der Waals surface area (Å²) in [6, 6.07) is 13.8. The Morgan fingerprint density at radius 2 is 2.00 bits per heavy atom. The normalized spacial score (nSPS) is 26.1. The highest BCUT2D eigenvalue weighted by atomic mass is 19.1. The van der Waals surface area contributed by atoms with Gasteiger partial charge in [-0.05, 0) is 73.8 Å². The molecule has 0 bridgehead atoms. The first-order valence-electron chi connectivity index (χ1n) is 13.1. The van der Waals surface area contributed by atoms with Crippen LogP contribution in [0.15, 0.2) is 48.5 Å². The summed E-state index contributed by atoms with van der Waals surface area (Å²) in [5.74, 6) is -0.750. The molecule has 0 aromatic heterocycles. The third-order valence-corrected chi connectivity index (χ3v) is 8.02. The molecule has 1 aliphatic carbocycles. The monoisotopic (exact) mass is 498 g/mol. The molecular formula is C29H39FN2O4. The number of hydrogen-bond donors (Lipinski definition) is 3. The molecule has 1 amide bonds. The Labute approximate surface area is 213 Å². The number of nitrogens with two attached hydrogens (primary N) is 1. The van der Waals surface area contributed by atoms with Crippen molar-refractivity contribution >= 4 is 5.91 Å². The second-order valence-electron chi connectivity index (χ2n) is 10.5. The summed E-state index contributed by atoms with van der Waals surface area (Å²) in [5, 5.41) is 22.5. The second kappa shape index (κ2) is 11.8. The van der Waals surface area contributed by atoms with Gasteiger partial charge in [0, 0.05) is 44.7 Å². The van der Waals surface area contributed by atoms with Gasteiger partial charge in [-0.2, -0.15) is 0 Å². The number of halogens is 1. The van der Waals surface area contributed by atoms with E-state index in [2.05, 4.69) is 0 Å². The molecule has 5 atom stereocenters. The first kappa shape index (κ1) is 26.7. The Bertz CT molecular complexity index is 1020. The summed E-state index contributed by atoms with van der Waals surface area (Å²) in [6.45, 7) is 1.70. The molecular weight excluding hydrogens is 459 g/mol. The zero-order valence-corrected chi connectivity index (χ0v) is 21.1.